The second kappa shape index (κ2) is 4.16. The van der Waals surface area contributed by atoms with Gasteiger partial charge in [0.2, 0.25) is 0 Å². The number of ketones is 1. The summed E-state index contributed by atoms with van der Waals surface area (Å²) in [6, 6.07) is 6.45. The van der Waals surface area contributed by atoms with Crippen LogP contribution in [-0.2, 0) is 14.3 Å². The van der Waals surface area contributed by atoms with Crippen molar-refractivity contribution in [3.05, 3.63) is 29.8 Å². The van der Waals surface area contributed by atoms with Gasteiger partial charge in [-0.1, -0.05) is 12.1 Å². The number of rotatable bonds is 2. The summed E-state index contributed by atoms with van der Waals surface area (Å²) >= 11 is 0. The standard InChI is InChI=1S/C16H14O5/c17-11-4-2-1-3-8(11)14(18)10-6-7-5-9(10)13-12(7)15(19)21-16(13)20/h1-4,7,9-10,12-13,17H,5-6H2. The van der Waals surface area contributed by atoms with Gasteiger partial charge in [-0.15, -0.1) is 0 Å². The van der Waals surface area contributed by atoms with Crippen LogP contribution >= 0.6 is 0 Å². The number of hydrogen-bond donors (Lipinski definition) is 1. The summed E-state index contributed by atoms with van der Waals surface area (Å²) in [7, 11) is 0. The molecule has 5 heteroatoms. The lowest BCUT2D eigenvalue weighted by molar-refractivity contribution is -0.154. The molecular weight excluding hydrogens is 272 g/mol. The number of phenols is 1. The summed E-state index contributed by atoms with van der Waals surface area (Å²) in [5.41, 5.74) is 0.296. The molecule has 1 aromatic rings. The van der Waals surface area contributed by atoms with E-state index in [0.717, 1.165) is 6.42 Å². The van der Waals surface area contributed by atoms with Crippen LogP contribution in [0.25, 0.3) is 0 Å². The molecule has 1 aromatic carbocycles. The predicted octanol–water partition coefficient (Wildman–Crippen LogP) is 1.55. The highest BCUT2D eigenvalue weighted by Crippen LogP contribution is 2.58. The molecule has 1 saturated heterocycles. The van der Waals surface area contributed by atoms with Crippen molar-refractivity contribution in [1.29, 1.82) is 0 Å². The van der Waals surface area contributed by atoms with Crippen molar-refractivity contribution in [1.82, 2.24) is 0 Å². The summed E-state index contributed by atoms with van der Waals surface area (Å²) in [6.07, 6.45) is 1.32. The van der Waals surface area contributed by atoms with E-state index >= 15 is 0 Å². The highest BCUT2D eigenvalue weighted by atomic mass is 16.6. The highest BCUT2D eigenvalue weighted by molar-refractivity contribution is 6.03. The Morgan fingerprint density at radius 2 is 1.81 bits per heavy atom. The lowest BCUT2D eigenvalue weighted by atomic mass is 9.72. The summed E-state index contributed by atoms with van der Waals surface area (Å²) in [4.78, 5) is 36.1. The van der Waals surface area contributed by atoms with Crippen molar-refractivity contribution in [2.75, 3.05) is 0 Å². The topological polar surface area (TPSA) is 80.7 Å². The Labute approximate surface area is 120 Å². The second-order valence-corrected chi connectivity index (χ2v) is 6.17. The van der Waals surface area contributed by atoms with Gasteiger partial charge in [-0.05, 0) is 36.8 Å². The Morgan fingerprint density at radius 3 is 2.57 bits per heavy atom. The van der Waals surface area contributed by atoms with Crippen molar-refractivity contribution in [2.24, 2.45) is 29.6 Å². The predicted molar refractivity (Wildman–Crippen MR) is 70.2 cm³/mol. The SMILES string of the molecule is O=C(c1ccccc1O)C1CC2CC1C1C(=O)OC(=O)C21. The lowest BCUT2D eigenvalue weighted by Gasteiger charge is -2.26. The van der Waals surface area contributed by atoms with Crippen molar-refractivity contribution < 1.29 is 24.2 Å². The molecule has 0 radical (unpaired) electrons. The first-order valence-electron chi connectivity index (χ1n) is 7.15. The van der Waals surface area contributed by atoms with Crippen LogP contribution in [0.4, 0.5) is 0 Å². The number of aromatic hydroxyl groups is 1. The van der Waals surface area contributed by atoms with Gasteiger partial charge in [0.25, 0.3) is 0 Å². The fourth-order valence-corrected chi connectivity index (χ4v) is 4.44. The van der Waals surface area contributed by atoms with Gasteiger partial charge in [-0.3, -0.25) is 14.4 Å². The molecule has 3 aliphatic rings. The molecule has 4 rings (SSSR count). The largest absolute Gasteiger partial charge is 0.507 e. The van der Waals surface area contributed by atoms with Gasteiger partial charge in [0.1, 0.15) is 5.75 Å². The third kappa shape index (κ3) is 1.60. The zero-order valence-corrected chi connectivity index (χ0v) is 11.2. The lowest BCUT2D eigenvalue weighted by Crippen LogP contribution is -2.34. The Hall–Kier alpha value is -2.17. The number of benzene rings is 1. The molecule has 0 spiro atoms. The van der Waals surface area contributed by atoms with Gasteiger partial charge in [0.05, 0.1) is 17.4 Å². The first-order chi connectivity index (χ1) is 10.1. The fraction of sp³-hybridized carbons (Fsp3) is 0.438. The van der Waals surface area contributed by atoms with Crippen LogP contribution < -0.4 is 0 Å². The molecule has 21 heavy (non-hydrogen) atoms. The smallest absolute Gasteiger partial charge is 0.317 e. The second-order valence-electron chi connectivity index (χ2n) is 6.17. The maximum absolute atomic E-state index is 12.6. The highest BCUT2D eigenvalue weighted by Gasteiger charge is 2.64. The number of hydrogen-bond acceptors (Lipinski definition) is 5. The Balaban J connectivity index is 1.65. The minimum Gasteiger partial charge on any atom is -0.507 e. The zero-order chi connectivity index (χ0) is 14.7. The van der Waals surface area contributed by atoms with Gasteiger partial charge in [0, 0.05) is 5.92 Å². The third-order valence-electron chi connectivity index (χ3n) is 5.26. The van der Waals surface area contributed by atoms with Gasteiger partial charge >= 0.3 is 11.9 Å². The Bertz CT molecular complexity index is 664. The zero-order valence-electron chi connectivity index (χ0n) is 11.2. The van der Waals surface area contributed by atoms with Crippen molar-refractivity contribution in [2.45, 2.75) is 12.8 Å². The van der Waals surface area contributed by atoms with E-state index in [1.807, 2.05) is 0 Å². The molecule has 2 saturated carbocycles. The maximum Gasteiger partial charge on any atom is 0.317 e. The van der Waals surface area contributed by atoms with E-state index < -0.39 is 17.9 Å². The molecular formula is C16H14O5. The molecule has 2 aliphatic carbocycles. The number of carbonyl (C=O) groups excluding carboxylic acids is 3. The number of phenolic OH excluding ortho intramolecular Hbond substituents is 1. The number of cyclic esters (lactones) is 2. The summed E-state index contributed by atoms with van der Waals surface area (Å²) in [6.45, 7) is 0. The van der Waals surface area contributed by atoms with E-state index in [4.69, 9.17) is 4.74 Å². The van der Waals surface area contributed by atoms with E-state index in [0.29, 0.717) is 12.0 Å². The van der Waals surface area contributed by atoms with E-state index in [2.05, 4.69) is 0 Å². The summed E-state index contributed by atoms with van der Waals surface area (Å²) < 4.78 is 4.73. The van der Waals surface area contributed by atoms with E-state index in [1.165, 1.54) is 6.07 Å². The van der Waals surface area contributed by atoms with Gasteiger partial charge in [0.15, 0.2) is 5.78 Å². The number of carbonyl (C=O) groups is 3. The summed E-state index contributed by atoms with van der Waals surface area (Å²) in [5.74, 6) is -2.27. The number of Topliss-reactive ketones (excluding diaryl/α,β-unsaturated/α-hetero) is 1. The first kappa shape index (κ1) is 12.6. The molecule has 1 heterocycles. The number of esters is 2. The van der Waals surface area contributed by atoms with E-state index in [1.54, 1.807) is 18.2 Å². The van der Waals surface area contributed by atoms with Crippen LogP contribution in [0.3, 0.4) is 0 Å². The third-order valence-corrected chi connectivity index (χ3v) is 5.26. The van der Waals surface area contributed by atoms with Crippen molar-refractivity contribution >= 4 is 17.7 Å². The first-order valence-corrected chi connectivity index (χ1v) is 7.15. The number of ether oxygens (including phenoxy) is 1. The monoisotopic (exact) mass is 286 g/mol. The normalized spacial score (nSPS) is 36.7. The quantitative estimate of drug-likeness (QED) is 0.507. The fourth-order valence-electron chi connectivity index (χ4n) is 4.44. The average molecular weight is 286 g/mol. The van der Waals surface area contributed by atoms with Gasteiger partial charge < -0.3 is 9.84 Å². The van der Waals surface area contributed by atoms with Crippen LogP contribution in [0.5, 0.6) is 5.75 Å². The average Bonchev–Trinajstić information content (AvgIpc) is 3.11. The van der Waals surface area contributed by atoms with Crippen LogP contribution in [0.2, 0.25) is 0 Å². The molecule has 3 fully saturated rings. The van der Waals surface area contributed by atoms with Crippen molar-refractivity contribution in [3.8, 4) is 5.75 Å². The minimum absolute atomic E-state index is 0.0353. The molecule has 5 unspecified atom stereocenters. The van der Waals surface area contributed by atoms with Gasteiger partial charge in [-0.2, -0.15) is 0 Å². The van der Waals surface area contributed by atoms with Crippen LogP contribution in [-0.4, -0.2) is 22.8 Å². The summed E-state index contributed by atoms with van der Waals surface area (Å²) in [5, 5.41) is 9.83. The van der Waals surface area contributed by atoms with Gasteiger partial charge in [-0.25, -0.2) is 0 Å². The maximum atomic E-state index is 12.6. The van der Waals surface area contributed by atoms with Crippen LogP contribution in [0.1, 0.15) is 23.2 Å². The molecule has 2 bridgehead atoms. The van der Waals surface area contributed by atoms with E-state index in [-0.39, 0.29) is 35.2 Å². The molecule has 5 nitrogen and oxygen atoms in total. The number of para-hydroxylation sites is 1. The molecule has 5 atom stereocenters. The molecule has 0 aromatic heterocycles. The Morgan fingerprint density at radius 1 is 1.10 bits per heavy atom. The minimum atomic E-state index is -0.479. The van der Waals surface area contributed by atoms with E-state index in [9.17, 15) is 19.5 Å². The molecule has 0 amide bonds. The van der Waals surface area contributed by atoms with Crippen LogP contribution in [0, 0.1) is 29.6 Å². The molecule has 1 aliphatic heterocycles. The Kier molecular flexibility index (Phi) is 2.49. The molecule has 1 N–H and O–H groups in total. The van der Waals surface area contributed by atoms with Crippen molar-refractivity contribution in [3.63, 3.8) is 0 Å². The number of fused-ring (bicyclic) bond motifs is 5. The molecule has 108 valence electrons. The van der Waals surface area contributed by atoms with Crippen LogP contribution in [0.15, 0.2) is 24.3 Å².